The van der Waals surface area contributed by atoms with Crippen LogP contribution in [0.25, 0.3) is 28.0 Å². The summed E-state index contributed by atoms with van der Waals surface area (Å²) >= 11 is 6.11. The maximum Gasteiger partial charge on any atom is 0.273 e. The summed E-state index contributed by atoms with van der Waals surface area (Å²) in [6.45, 7) is 0. The minimum atomic E-state index is -0.508. The van der Waals surface area contributed by atoms with Gasteiger partial charge in [-0.25, -0.2) is 9.50 Å². The van der Waals surface area contributed by atoms with Gasteiger partial charge in [-0.05, 0) is 35.4 Å². The summed E-state index contributed by atoms with van der Waals surface area (Å²) < 4.78 is 1.46. The van der Waals surface area contributed by atoms with Gasteiger partial charge in [0, 0.05) is 39.9 Å². The fourth-order valence-corrected chi connectivity index (χ4v) is 4.01. The van der Waals surface area contributed by atoms with Gasteiger partial charge in [0.05, 0.1) is 5.69 Å². The highest BCUT2D eigenvalue weighted by atomic mass is 35.5. The van der Waals surface area contributed by atoms with Crippen molar-refractivity contribution in [2.75, 3.05) is 0 Å². The number of rotatable bonds is 5. The lowest BCUT2D eigenvalue weighted by Gasteiger charge is -2.06. The molecule has 3 N–H and O–H groups in total. The van der Waals surface area contributed by atoms with Gasteiger partial charge in [-0.2, -0.15) is 0 Å². The molecular formula is C26H19ClN4O2. The van der Waals surface area contributed by atoms with Crippen LogP contribution in [0.5, 0.6) is 0 Å². The Balaban J connectivity index is 1.71. The van der Waals surface area contributed by atoms with Crippen LogP contribution < -0.4 is 11.3 Å². The lowest BCUT2D eigenvalue weighted by Crippen LogP contribution is -2.14. The first-order valence-electron chi connectivity index (χ1n) is 10.3. The Bertz CT molecular complexity index is 1520. The third kappa shape index (κ3) is 4.04. The van der Waals surface area contributed by atoms with E-state index in [1.807, 2.05) is 54.6 Å². The van der Waals surface area contributed by atoms with Crippen LogP contribution in [0.4, 0.5) is 0 Å². The highest BCUT2D eigenvalue weighted by molar-refractivity contribution is 6.30. The Morgan fingerprint density at radius 3 is 2.27 bits per heavy atom. The van der Waals surface area contributed by atoms with Crippen LogP contribution in [-0.2, 0) is 6.42 Å². The Morgan fingerprint density at radius 2 is 1.61 bits per heavy atom. The third-order valence-electron chi connectivity index (χ3n) is 5.51. The van der Waals surface area contributed by atoms with Crippen molar-refractivity contribution in [3.05, 3.63) is 117 Å². The first-order valence-corrected chi connectivity index (χ1v) is 10.7. The van der Waals surface area contributed by atoms with E-state index in [1.165, 1.54) is 10.6 Å². The van der Waals surface area contributed by atoms with Gasteiger partial charge in [0.1, 0.15) is 0 Å². The summed E-state index contributed by atoms with van der Waals surface area (Å²) in [5.41, 5.74) is 11.0. The van der Waals surface area contributed by atoms with Gasteiger partial charge in [0.2, 0.25) is 5.91 Å². The quantitative estimate of drug-likeness (QED) is 0.403. The van der Waals surface area contributed by atoms with E-state index in [-0.39, 0.29) is 5.56 Å². The second kappa shape index (κ2) is 8.41. The highest BCUT2D eigenvalue weighted by Crippen LogP contribution is 2.30. The van der Waals surface area contributed by atoms with Gasteiger partial charge in [0.15, 0.2) is 5.65 Å². The summed E-state index contributed by atoms with van der Waals surface area (Å²) in [6.07, 6.45) is 0.601. The zero-order chi connectivity index (χ0) is 22.9. The topological polar surface area (TPSA) is 93.3 Å². The van der Waals surface area contributed by atoms with Gasteiger partial charge < -0.3 is 5.73 Å². The molecule has 2 heterocycles. The first-order chi connectivity index (χ1) is 16.0. The molecule has 5 aromatic rings. The maximum absolute atomic E-state index is 13.0. The average molecular weight is 455 g/mol. The molecule has 162 valence electrons. The minimum absolute atomic E-state index is 0.233. The Hall–Kier alpha value is -4.16. The molecule has 2 aromatic heterocycles. The Kier molecular flexibility index (Phi) is 5.28. The van der Waals surface area contributed by atoms with E-state index in [0.29, 0.717) is 33.9 Å². The van der Waals surface area contributed by atoms with Crippen molar-refractivity contribution in [3.8, 4) is 22.4 Å². The van der Waals surface area contributed by atoms with Gasteiger partial charge in [-0.15, -0.1) is 0 Å². The Labute approximate surface area is 194 Å². The summed E-state index contributed by atoms with van der Waals surface area (Å²) in [6, 6.07) is 25.7. The number of H-pyrrole nitrogens is 1. The number of carbonyl (C=O) groups excluding carboxylic acids is 1. The minimum Gasteiger partial charge on any atom is -0.366 e. The van der Waals surface area contributed by atoms with Crippen LogP contribution in [0.3, 0.4) is 0 Å². The highest BCUT2D eigenvalue weighted by Gasteiger charge is 2.18. The van der Waals surface area contributed by atoms with E-state index in [1.54, 1.807) is 24.3 Å². The van der Waals surface area contributed by atoms with Crippen molar-refractivity contribution in [2.45, 2.75) is 6.42 Å². The zero-order valence-corrected chi connectivity index (χ0v) is 18.2. The number of amides is 1. The number of primary amides is 1. The third-order valence-corrected chi connectivity index (χ3v) is 5.76. The molecule has 0 aliphatic heterocycles. The van der Waals surface area contributed by atoms with E-state index in [2.05, 4.69) is 5.10 Å². The van der Waals surface area contributed by atoms with Crippen molar-refractivity contribution < 1.29 is 4.79 Å². The largest absolute Gasteiger partial charge is 0.366 e. The predicted octanol–water partition coefficient (Wildman–Crippen LogP) is 4.70. The summed E-state index contributed by atoms with van der Waals surface area (Å²) in [4.78, 5) is 29.3. The van der Waals surface area contributed by atoms with Crippen molar-refractivity contribution in [1.82, 2.24) is 14.6 Å². The summed E-state index contributed by atoms with van der Waals surface area (Å²) in [5.74, 6) is -0.508. The van der Waals surface area contributed by atoms with Crippen molar-refractivity contribution in [1.29, 1.82) is 0 Å². The summed E-state index contributed by atoms with van der Waals surface area (Å²) in [7, 11) is 0. The zero-order valence-electron chi connectivity index (χ0n) is 17.5. The number of fused-ring (bicyclic) bond motifs is 1. The van der Waals surface area contributed by atoms with Gasteiger partial charge in [0.25, 0.3) is 5.56 Å². The molecule has 1 amide bonds. The molecule has 0 bridgehead atoms. The second-order valence-electron chi connectivity index (χ2n) is 7.71. The monoisotopic (exact) mass is 454 g/mol. The van der Waals surface area contributed by atoms with Crippen LogP contribution >= 0.6 is 11.6 Å². The summed E-state index contributed by atoms with van der Waals surface area (Å²) in [5, 5.41) is 3.87. The van der Waals surface area contributed by atoms with Crippen LogP contribution in [0.15, 0.2) is 89.7 Å². The molecule has 6 nitrogen and oxygen atoms in total. The predicted molar refractivity (Wildman–Crippen MR) is 129 cm³/mol. The second-order valence-corrected chi connectivity index (χ2v) is 8.15. The molecule has 0 unspecified atom stereocenters. The number of nitrogens with zero attached hydrogens (tertiary/aromatic N) is 2. The van der Waals surface area contributed by atoms with Gasteiger partial charge >= 0.3 is 0 Å². The first kappa shape index (κ1) is 20.7. The van der Waals surface area contributed by atoms with Crippen molar-refractivity contribution >= 4 is 23.2 Å². The smallest absolute Gasteiger partial charge is 0.273 e. The molecule has 0 saturated heterocycles. The number of nitrogens with two attached hydrogens (primary N) is 1. The number of hydrogen-bond donors (Lipinski definition) is 2. The average Bonchev–Trinajstić information content (AvgIpc) is 3.19. The number of nitrogens with one attached hydrogen (secondary N) is 1. The molecule has 0 aliphatic carbocycles. The SMILES string of the molecule is NC(=O)c1ccc(-c2cc(=O)n3[nH]c(Cc4ccccc4)c(-c4ccc(Cl)cc4)c3n2)cc1. The number of carbonyl (C=O) groups is 1. The van der Waals surface area contributed by atoms with Crippen LogP contribution in [-0.4, -0.2) is 20.5 Å². The molecule has 0 fully saturated rings. The van der Waals surface area contributed by atoms with Crippen LogP contribution in [0.2, 0.25) is 5.02 Å². The number of benzene rings is 3. The van der Waals surface area contributed by atoms with Crippen molar-refractivity contribution in [3.63, 3.8) is 0 Å². The molecule has 7 heteroatoms. The normalized spacial score (nSPS) is 11.1. The fourth-order valence-electron chi connectivity index (χ4n) is 3.88. The van der Waals surface area contributed by atoms with Crippen LogP contribution in [0.1, 0.15) is 21.6 Å². The van der Waals surface area contributed by atoms with Crippen LogP contribution in [0, 0.1) is 0 Å². The number of hydrogen-bond acceptors (Lipinski definition) is 3. The maximum atomic E-state index is 13.0. The molecule has 5 rings (SSSR count). The number of halogens is 1. The molecule has 0 radical (unpaired) electrons. The lowest BCUT2D eigenvalue weighted by atomic mass is 10.0. The molecule has 0 aliphatic rings. The van der Waals surface area contributed by atoms with E-state index in [0.717, 1.165) is 22.4 Å². The van der Waals surface area contributed by atoms with Gasteiger partial charge in [-0.3, -0.25) is 14.7 Å². The molecule has 0 atom stereocenters. The number of aromatic amines is 1. The van der Waals surface area contributed by atoms with Gasteiger partial charge in [-0.1, -0.05) is 66.2 Å². The Morgan fingerprint density at radius 1 is 0.939 bits per heavy atom. The standard InChI is InChI=1S/C26H19ClN4O2/c27-20-12-10-18(11-13-20)24-22(14-16-4-2-1-3-5-16)30-31-23(32)15-21(29-26(24)31)17-6-8-19(9-7-17)25(28)33/h1-13,15,30H,14H2,(H2,28,33). The van der Waals surface area contributed by atoms with E-state index in [4.69, 9.17) is 22.3 Å². The van der Waals surface area contributed by atoms with E-state index < -0.39 is 5.91 Å². The molecule has 0 spiro atoms. The molecule has 3 aromatic carbocycles. The fraction of sp³-hybridized carbons (Fsp3) is 0.0385. The van der Waals surface area contributed by atoms with Crippen molar-refractivity contribution in [2.24, 2.45) is 5.73 Å². The van der Waals surface area contributed by atoms with E-state index >= 15 is 0 Å². The number of aromatic nitrogens is 3. The van der Waals surface area contributed by atoms with E-state index in [9.17, 15) is 9.59 Å². The molecule has 0 saturated carbocycles. The molecular weight excluding hydrogens is 436 g/mol. The lowest BCUT2D eigenvalue weighted by molar-refractivity contribution is 0.100. The molecule has 33 heavy (non-hydrogen) atoms.